The summed E-state index contributed by atoms with van der Waals surface area (Å²) in [5, 5.41) is 12.8. The number of allylic oxidation sites excluding steroid dienone is 2. The molecule has 4 aliphatic heterocycles. The van der Waals surface area contributed by atoms with E-state index in [-0.39, 0.29) is 29.7 Å². The number of hydrogen-bond donors (Lipinski definition) is 2. The molecule has 0 aromatic rings. The van der Waals surface area contributed by atoms with E-state index >= 15 is 0 Å². The first-order valence-electron chi connectivity index (χ1n) is 24.0. The number of nitrogens with one attached hydrogen (secondary N) is 1. The fourth-order valence-electron chi connectivity index (χ4n) is 14.5. The third kappa shape index (κ3) is 8.07. The Kier molecular flexibility index (Phi) is 12.1. The quantitative estimate of drug-likeness (QED) is 0.210. The van der Waals surface area contributed by atoms with Crippen molar-refractivity contribution in [1.82, 2.24) is 24.9 Å². The molecule has 9 rings (SSSR count). The van der Waals surface area contributed by atoms with Crippen LogP contribution in [0.2, 0.25) is 0 Å². The van der Waals surface area contributed by atoms with Gasteiger partial charge in [-0.05, 0) is 164 Å². The first-order chi connectivity index (χ1) is 27.3. The monoisotopic (exact) mass is 774 g/mol. The Hall–Kier alpha value is -1.81. The zero-order valence-corrected chi connectivity index (χ0v) is 34.9. The molecule has 9 nitrogen and oxygen atoms in total. The van der Waals surface area contributed by atoms with Gasteiger partial charge in [0.1, 0.15) is 6.04 Å². The molecule has 4 heterocycles. The van der Waals surface area contributed by atoms with Crippen LogP contribution in [0.5, 0.6) is 0 Å². The normalized spacial score (nSPS) is 39.0. The van der Waals surface area contributed by atoms with Gasteiger partial charge in [0.15, 0.2) is 0 Å². The van der Waals surface area contributed by atoms with Gasteiger partial charge in [-0.1, -0.05) is 37.3 Å². The molecular formula is C47H75N5O4. The van der Waals surface area contributed by atoms with Crippen LogP contribution >= 0.6 is 0 Å². The van der Waals surface area contributed by atoms with Gasteiger partial charge in [-0.15, -0.1) is 0 Å². The Bertz CT molecular complexity index is 1440. The molecule has 0 bridgehead atoms. The Morgan fingerprint density at radius 3 is 1.93 bits per heavy atom. The molecule has 2 N–H and O–H groups in total. The van der Waals surface area contributed by atoms with Gasteiger partial charge in [0.05, 0.1) is 6.10 Å². The number of likely N-dealkylation sites (tertiary alicyclic amines) is 2. The predicted molar refractivity (Wildman–Crippen MR) is 220 cm³/mol. The fraction of sp³-hybridized carbons (Fsp3) is 0.894. The number of aliphatic hydroxyl groups excluding tert-OH is 1. The molecule has 4 atom stereocenters. The predicted octanol–water partition coefficient (Wildman–Crippen LogP) is 6.68. The molecule has 3 amide bonds. The van der Waals surface area contributed by atoms with Crippen LogP contribution in [0.25, 0.3) is 0 Å². The third-order valence-corrected chi connectivity index (χ3v) is 17.8. The number of imide groups is 1. The summed E-state index contributed by atoms with van der Waals surface area (Å²) in [5.74, 6) is 2.43. The Labute approximate surface area is 338 Å². The van der Waals surface area contributed by atoms with Crippen molar-refractivity contribution in [2.24, 2.45) is 35.0 Å². The van der Waals surface area contributed by atoms with Crippen LogP contribution in [0.1, 0.15) is 155 Å². The van der Waals surface area contributed by atoms with E-state index in [1.54, 1.807) is 0 Å². The second-order valence-corrected chi connectivity index (χ2v) is 20.6. The van der Waals surface area contributed by atoms with Gasteiger partial charge in [-0.3, -0.25) is 29.5 Å². The van der Waals surface area contributed by atoms with E-state index in [4.69, 9.17) is 0 Å². The summed E-state index contributed by atoms with van der Waals surface area (Å²) in [6.07, 6.45) is 27.9. The lowest BCUT2D eigenvalue weighted by Crippen LogP contribution is -2.60. The number of amides is 3. The van der Waals surface area contributed by atoms with Gasteiger partial charge in [-0.25, -0.2) is 0 Å². The van der Waals surface area contributed by atoms with Crippen LogP contribution in [0.3, 0.4) is 0 Å². The van der Waals surface area contributed by atoms with E-state index in [1.807, 2.05) is 16.0 Å². The van der Waals surface area contributed by atoms with Gasteiger partial charge in [0.2, 0.25) is 17.7 Å². The highest BCUT2D eigenvalue weighted by Crippen LogP contribution is 2.53. The number of fused-ring (bicyclic) bond motifs is 1. The highest BCUT2D eigenvalue weighted by atomic mass is 16.3. The van der Waals surface area contributed by atoms with Crippen molar-refractivity contribution >= 4 is 17.7 Å². The molecule has 1 spiro atoms. The van der Waals surface area contributed by atoms with E-state index in [0.717, 1.165) is 75.0 Å². The van der Waals surface area contributed by atoms with E-state index < -0.39 is 6.04 Å². The molecule has 312 valence electrons. The van der Waals surface area contributed by atoms with Gasteiger partial charge >= 0.3 is 0 Å². The first kappa shape index (κ1) is 39.6. The van der Waals surface area contributed by atoms with Gasteiger partial charge < -0.3 is 14.9 Å². The largest absolute Gasteiger partial charge is 0.393 e. The van der Waals surface area contributed by atoms with Gasteiger partial charge in [0.25, 0.3) is 0 Å². The van der Waals surface area contributed by atoms with Crippen molar-refractivity contribution < 1.29 is 19.5 Å². The molecule has 4 unspecified atom stereocenters. The third-order valence-electron chi connectivity index (χ3n) is 17.8. The Balaban J connectivity index is 0.715. The average Bonchev–Trinajstić information content (AvgIpc) is 3.54. The molecule has 5 aliphatic carbocycles. The number of rotatable bonds is 8. The standard InChI is InChI=1S/C47H75N5O4/c1-2-40(32-6-4-3-5-7-32)44(34-10-15-39(53)16-11-34)33-8-12-36(13-9-33)49-22-20-47(21-23-49)29-38(30-47)51-26-24-50(25-27-51)37-14-17-41-35(28-37)31-52(46(41)56)42-18-19-43(54)48-45(42)55/h32-39,41-42,53H,2-31H2,1H3,(H,48,54,55)/b44-40+. The minimum atomic E-state index is -0.463. The lowest BCUT2D eigenvalue weighted by atomic mass is 9.59. The van der Waals surface area contributed by atoms with E-state index in [2.05, 4.69) is 26.9 Å². The lowest BCUT2D eigenvalue weighted by molar-refractivity contribution is -0.144. The van der Waals surface area contributed by atoms with E-state index in [0.29, 0.717) is 36.8 Å². The van der Waals surface area contributed by atoms with Crippen LogP contribution < -0.4 is 5.32 Å². The summed E-state index contributed by atoms with van der Waals surface area (Å²) in [7, 11) is 0. The lowest BCUT2D eigenvalue weighted by Gasteiger charge is -2.57. The number of carbonyl (C=O) groups excluding carboxylic acids is 3. The summed E-state index contributed by atoms with van der Waals surface area (Å²) in [6.45, 7) is 10.4. The summed E-state index contributed by atoms with van der Waals surface area (Å²) >= 11 is 0. The Morgan fingerprint density at radius 1 is 0.679 bits per heavy atom. The fourth-order valence-corrected chi connectivity index (χ4v) is 14.5. The van der Waals surface area contributed by atoms with Crippen molar-refractivity contribution in [2.75, 3.05) is 45.8 Å². The molecule has 9 aliphatic rings. The number of nitrogens with zero attached hydrogens (tertiary/aromatic N) is 4. The zero-order chi connectivity index (χ0) is 38.4. The van der Waals surface area contributed by atoms with Crippen LogP contribution in [0.4, 0.5) is 0 Å². The van der Waals surface area contributed by atoms with Crippen molar-refractivity contribution in [3.8, 4) is 0 Å². The smallest absolute Gasteiger partial charge is 0.249 e. The summed E-state index contributed by atoms with van der Waals surface area (Å²) in [6, 6.07) is 1.65. The van der Waals surface area contributed by atoms with Gasteiger partial charge in [-0.2, -0.15) is 0 Å². The van der Waals surface area contributed by atoms with Crippen molar-refractivity contribution in [2.45, 2.75) is 185 Å². The molecule has 0 aromatic heterocycles. The van der Waals surface area contributed by atoms with Crippen LogP contribution in [0, 0.1) is 35.0 Å². The zero-order valence-electron chi connectivity index (χ0n) is 34.9. The Morgan fingerprint density at radius 2 is 1.29 bits per heavy atom. The number of piperazine rings is 1. The molecule has 5 saturated carbocycles. The summed E-state index contributed by atoms with van der Waals surface area (Å²) < 4.78 is 0. The number of carbonyl (C=O) groups is 3. The van der Waals surface area contributed by atoms with E-state index in [1.165, 1.54) is 129 Å². The molecule has 4 saturated heterocycles. The van der Waals surface area contributed by atoms with Crippen molar-refractivity contribution in [3.63, 3.8) is 0 Å². The van der Waals surface area contributed by atoms with Gasteiger partial charge in [0, 0.05) is 63.2 Å². The maximum Gasteiger partial charge on any atom is 0.249 e. The minimum Gasteiger partial charge on any atom is -0.393 e. The molecular weight excluding hydrogens is 699 g/mol. The molecule has 56 heavy (non-hydrogen) atoms. The maximum absolute atomic E-state index is 13.3. The first-order valence-corrected chi connectivity index (χ1v) is 24.0. The highest BCUT2D eigenvalue weighted by molar-refractivity contribution is 6.02. The van der Waals surface area contributed by atoms with Crippen LogP contribution in [-0.2, 0) is 14.4 Å². The maximum atomic E-state index is 13.3. The summed E-state index contributed by atoms with van der Waals surface area (Å²) in [5.41, 5.74) is 4.39. The molecule has 9 fully saturated rings. The van der Waals surface area contributed by atoms with Crippen LogP contribution in [-0.4, -0.2) is 119 Å². The van der Waals surface area contributed by atoms with Crippen molar-refractivity contribution in [3.05, 3.63) is 11.1 Å². The average molecular weight is 774 g/mol. The second-order valence-electron chi connectivity index (χ2n) is 20.6. The number of hydrogen-bond acceptors (Lipinski definition) is 7. The van der Waals surface area contributed by atoms with E-state index in [9.17, 15) is 19.5 Å². The second kappa shape index (κ2) is 17.0. The molecule has 9 heteroatoms. The van der Waals surface area contributed by atoms with Crippen molar-refractivity contribution in [1.29, 1.82) is 0 Å². The summed E-state index contributed by atoms with van der Waals surface area (Å²) in [4.78, 5) is 47.9. The minimum absolute atomic E-state index is 0.0587. The SMILES string of the molecule is CC/C(=C(\C1CCC(O)CC1)C1CCC(N2CCC3(CC2)CC(N2CCN(C4CCC5C(=O)N(C6CCC(=O)NC6=O)CC5C4)CC2)C3)CC1)C1CCCCC1. The number of piperidine rings is 2. The molecule has 0 radical (unpaired) electrons. The highest BCUT2D eigenvalue weighted by Gasteiger charge is 2.51. The topological polar surface area (TPSA) is 96.4 Å². The molecule has 0 aromatic carbocycles. The number of aliphatic hydroxyl groups is 1. The van der Waals surface area contributed by atoms with Crippen LogP contribution in [0.15, 0.2) is 11.1 Å².